The fourth-order valence-corrected chi connectivity index (χ4v) is 2.71. The minimum atomic E-state index is -0.121. The van der Waals surface area contributed by atoms with E-state index in [0.29, 0.717) is 17.4 Å². The van der Waals surface area contributed by atoms with Crippen LogP contribution in [-0.2, 0) is 0 Å². The van der Waals surface area contributed by atoms with Crippen LogP contribution in [0.2, 0.25) is 0 Å². The van der Waals surface area contributed by atoms with Crippen LogP contribution in [0, 0.1) is 5.92 Å². The first-order valence-corrected chi connectivity index (χ1v) is 7.20. The third-order valence-electron chi connectivity index (χ3n) is 3.87. The Kier molecular flexibility index (Phi) is 3.85. The summed E-state index contributed by atoms with van der Waals surface area (Å²) in [6, 6.07) is 5.35. The summed E-state index contributed by atoms with van der Waals surface area (Å²) in [7, 11) is 0. The molecule has 0 atom stereocenters. The molecule has 1 saturated carbocycles. The molecule has 5 nitrogen and oxygen atoms in total. The first-order chi connectivity index (χ1) is 9.83. The van der Waals surface area contributed by atoms with E-state index in [-0.39, 0.29) is 5.91 Å². The molecule has 2 aromatic heterocycles. The Morgan fingerprint density at radius 1 is 1.40 bits per heavy atom. The molecular formula is C15H19N3O2. The summed E-state index contributed by atoms with van der Waals surface area (Å²) in [6.07, 6.45) is 7.93. The van der Waals surface area contributed by atoms with Crippen LogP contribution in [0.15, 0.2) is 28.9 Å². The summed E-state index contributed by atoms with van der Waals surface area (Å²) >= 11 is 0. The molecule has 1 aliphatic rings. The standard InChI is InChI=1S/C15H19N3O2/c19-15(16-10-11-5-2-1-3-6-11)13-9-12(17-18-13)14-7-4-8-20-14/h4,7-9,11H,1-3,5-6,10H2,(H,16,19)(H,17,18). The van der Waals surface area contributed by atoms with Crippen molar-refractivity contribution in [2.24, 2.45) is 5.92 Å². The first kappa shape index (κ1) is 13.0. The molecule has 0 aromatic carbocycles. The van der Waals surface area contributed by atoms with E-state index in [0.717, 1.165) is 12.2 Å². The molecule has 3 rings (SSSR count). The molecule has 1 amide bonds. The number of nitrogens with one attached hydrogen (secondary N) is 2. The van der Waals surface area contributed by atoms with E-state index >= 15 is 0 Å². The highest BCUT2D eigenvalue weighted by atomic mass is 16.3. The lowest BCUT2D eigenvalue weighted by Gasteiger charge is -2.21. The zero-order valence-corrected chi connectivity index (χ0v) is 11.4. The number of carbonyl (C=O) groups is 1. The molecule has 0 saturated heterocycles. The molecule has 2 heterocycles. The average molecular weight is 273 g/mol. The molecule has 106 valence electrons. The van der Waals surface area contributed by atoms with Crippen molar-refractivity contribution in [3.05, 3.63) is 30.2 Å². The van der Waals surface area contributed by atoms with E-state index < -0.39 is 0 Å². The van der Waals surface area contributed by atoms with E-state index in [1.165, 1.54) is 32.1 Å². The van der Waals surface area contributed by atoms with Crippen LogP contribution in [0.3, 0.4) is 0 Å². The maximum absolute atomic E-state index is 12.0. The number of hydrogen-bond donors (Lipinski definition) is 2. The Bertz CT molecular complexity index is 553. The van der Waals surface area contributed by atoms with E-state index in [2.05, 4.69) is 15.5 Å². The lowest BCUT2D eigenvalue weighted by Crippen LogP contribution is -2.30. The summed E-state index contributed by atoms with van der Waals surface area (Å²) < 4.78 is 5.26. The molecule has 2 aromatic rings. The largest absolute Gasteiger partial charge is 0.463 e. The zero-order chi connectivity index (χ0) is 13.8. The first-order valence-electron chi connectivity index (χ1n) is 7.20. The summed E-state index contributed by atoms with van der Waals surface area (Å²) in [4.78, 5) is 12.0. The third kappa shape index (κ3) is 2.92. The van der Waals surface area contributed by atoms with Crippen LogP contribution in [0.4, 0.5) is 0 Å². The molecule has 0 radical (unpaired) electrons. The summed E-state index contributed by atoms with van der Waals surface area (Å²) in [5, 5.41) is 9.84. The molecule has 0 spiro atoms. The molecule has 1 aliphatic carbocycles. The maximum Gasteiger partial charge on any atom is 0.271 e. The molecule has 0 unspecified atom stereocenters. The summed E-state index contributed by atoms with van der Waals surface area (Å²) in [6.45, 7) is 0.752. The molecule has 2 N–H and O–H groups in total. The summed E-state index contributed by atoms with van der Waals surface area (Å²) in [5.74, 6) is 1.18. The third-order valence-corrected chi connectivity index (χ3v) is 3.87. The van der Waals surface area contributed by atoms with Gasteiger partial charge in [-0.2, -0.15) is 5.10 Å². The second-order valence-corrected chi connectivity index (χ2v) is 5.36. The molecule has 1 fully saturated rings. The predicted octanol–water partition coefficient (Wildman–Crippen LogP) is 2.98. The van der Waals surface area contributed by atoms with Gasteiger partial charge in [0.25, 0.3) is 5.91 Å². The van der Waals surface area contributed by atoms with Crippen molar-refractivity contribution in [1.82, 2.24) is 15.5 Å². The number of hydrogen-bond acceptors (Lipinski definition) is 3. The van der Waals surface area contributed by atoms with Gasteiger partial charge in [-0.1, -0.05) is 19.3 Å². The smallest absolute Gasteiger partial charge is 0.271 e. The van der Waals surface area contributed by atoms with Crippen molar-refractivity contribution in [2.45, 2.75) is 32.1 Å². The normalized spacial score (nSPS) is 16.2. The molecular weight excluding hydrogens is 254 g/mol. The number of furan rings is 1. The molecule has 0 aliphatic heterocycles. The van der Waals surface area contributed by atoms with Gasteiger partial charge in [-0.3, -0.25) is 9.89 Å². The van der Waals surface area contributed by atoms with Crippen molar-refractivity contribution in [3.63, 3.8) is 0 Å². The number of rotatable bonds is 4. The number of aromatic amines is 1. The lowest BCUT2D eigenvalue weighted by atomic mass is 9.89. The fraction of sp³-hybridized carbons (Fsp3) is 0.467. The number of nitrogens with zero attached hydrogens (tertiary/aromatic N) is 1. The van der Waals surface area contributed by atoms with Gasteiger partial charge in [0.1, 0.15) is 5.69 Å². The van der Waals surface area contributed by atoms with Gasteiger partial charge < -0.3 is 9.73 Å². The van der Waals surface area contributed by atoms with Crippen molar-refractivity contribution >= 4 is 5.91 Å². The fourth-order valence-electron chi connectivity index (χ4n) is 2.71. The monoisotopic (exact) mass is 273 g/mol. The van der Waals surface area contributed by atoms with Gasteiger partial charge in [0.2, 0.25) is 0 Å². The minimum absolute atomic E-state index is 0.121. The van der Waals surface area contributed by atoms with E-state index in [4.69, 9.17) is 4.42 Å². The van der Waals surface area contributed by atoms with Crippen molar-refractivity contribution < 1.29 is 9.21 Å². The van der Waals surface area contributed by atoms with Gasteiger partial charge in [-0.05, 0) is 30.9 Å². The molecule has 5 heteroatoms. The maximum atomic E-state index is 12.0. The highest BCUT2D eigenvalue weighted by Gasteiger charge is 2.16. The Hall–Kier alpha value is -2.04. The van der Waals surface area contributed by atoms with Crippen LogP contribution in [0.5, 0.6) is 0 Å². The van der Waals surface area contributed by atoms with E-state index in [1.807, 2.05) is 6.07 Å². The van der Waals surface area contributed by atoms with Gasteiger partial charge in [-0.15, -0.1) is 0 Å². The van der Waals surface area contributed by atoms with Gasteiger partial charge in [0, 0.05) is 12.6 Å². The predicted molar refractivity (Wildman–Crippen MR) is 75.2 cm³/mol. The van der Waals surface area contributed by atoms with Crippen LogP contribution in [0.1, 0.15) is 42.6 Å². The highest BCUT2D eigenvalue weighted by molar-refractivity contribution is 5.93. The molecule has 20 heavy (non-hydrogen) atoms. The van der Waals surface area contributed by atoms with E-state index in [1.54, 1.807) is 18.4 Å². The Morgan fingerprint density at radius 3 is 3.00 bits per heavy atom. The van der Waals surface area contributed by atoms with E-state index in [9.17, 15) is 4.79 Å². The lowest BCUT2D eigenvalue weighted by molar-refractivity contribution is 0.0938. The second-order valence-electron chi connectivity index (χ2n) is 5.36. The minimum Gasteiger partial charge on any atom is -0.463 e. The highest BCUT2D eigenvalue weighted by Crippen LogP contribution is 2.23. The van der Waals surface area contributed by atoms with Crippen molar-refractivity contribution in [2.75, 3.05) is 6.54 Å². The van der Waals surface area contributed by atoms with Gasteiger partial charge in [0.05, 0.1) is 6.26 Å². The van der Waals surface area contributed by atoms with Crippen LogP contribution in [-0.4, -0.2) is 22.6 Å². The van der Waals surface area contributed by atoms with Crippen molar-refractivity contribution in [3.8, 4) is 11.5 Å². The van der Waals surface area contributed by atoms with Crippen LogP contribution >= 0.6 is 0 Å². The van der Waals surface area contributed by atoms with Gasteiger partial charge in [-0.25, -0.2) is 0 Å². The topological polar surface area (TPSA) is 70.9 Å². The summed E-state index contributed by atoms with van der Waals surface area (Å²) in [5.41, 5.74) is 1.13. The molecule has 0 bridgehead atoms. The Balaban J connectivity index is 1.57. The SMILES string of the molecule is O=C(NCC1CCCCC1)c1cc(-c2ccco2)[nH]n1. The number of aromatic nitrogens is 2. The average Bonchev–Trinajstić information content (AvgIpc) is 3.16. The second kappa shape index (κ2) is 5.94. The number of carbonyl (C=O) groups excluding carboxylic acids is 1. The van der Waals surface area contributed by atoms with Crippen LogP contribution < -0.4 is 5.32 Å². The number of amides is 1. The van der Waals surface area contributed by atoms with Crippen LogP contribution in [0.25, 0.3) is 11.5 Å². The van der Waals surface area contributed by atoms with Crippen molar-refractivity contribution in [1.29, 1.82) is 0 Å². The zero-order valence-electron chi connectivity index (χ0n) is 11.4. The van der Waals surface area contributed by atoms with Gasteiger partial charge in [0.15, 0.2) is 11.5 Å². The Labute approximate surface area is 117 Å². The quantitative estimate of drug-likeness (QED) is 0.899. The Morgan fingerprint density at radius 2 is 2.25 bits per heavy atom. The number of H-pyrrole nitrogens is 1. The van der Waals surface area contributed by atoms with Gasteiger partial charge >= 0.3 is 0 Å².